The number of imidazole rings is 1. The van der Waals surface area contributed by atoms with E-state index >= 15 is 0 Å². The maximum Gasteiger partial charge on any atom is 0.227 e. The first-order chi connectivity index (χ1) is 11.8. The Bertz CT molecular complexity index is 1040. The molecule has 0 saturated heterocycles. The molecule has 0 spiro atoms. The molecule has 0 fully saturated rings. The summed E-state index contributed by atoms with van der Waals surface area (Å²) in [5.74, 6) is 0.502. The number of benzene rings is 2. The average molecular weight is 312 g/mol. The van der Waals surface area contributed by atoms with Crippen molar-refractivity contribution in [2.24, 2.45) is 0 Å². The molecule has 2 aromatic heterocycles. The molecule has 24 heavy (non-hydrogen) atoms. The predicted octanol–water partition coefficient (Wildman–Crippen LogP) is 3.64. The van der Waals surface area contributed by atoms with Gasteiger partial charge in [0.2, 0.25) is 5.95 Å². The standard InChI is InChI=1S/C18H12N6/c19-10-12-1-4-14(5-2-12)23-18-20-8-7-15(24-18)13-3-6-16-17(9-13)22-11-21-16/h1-9,11H,(H,21,22)(H,20,23,24). The molecule has 0 radical (unpaired) electrons. The van der Waals surface area contributed by atoms with Crippen molar-refractivity contribution in [1.82, 2.24) is 19.9 Å². The van der Waals surface area contributed by atoms with Crippen LogP contribution in [0.2, 0.25) is 0 Å². The Hall–Kier alpha value is -3.72. The van der Waals surface area contributed by atoms with Crippen LogP contribution in [0.4, 0.5) is 11.6 Å². The smallest absolute Gasteiger partial charge is 0.227 e. The molecule has 114 valence electrons. The molecular formula is C18H12N6. The molecule has 0 atom stereocenters. The molecule has 2 heterocycles. The van der Waals surface area contributed by atoms with E-state index in [2.05, 4.69) is 31.3 Å². The lowest BCUT2D eigenvalue weighted by molar-refractivity contribution is 1.17. The van der Waals surface area contributed by atoms with Crippen LogP contribution < -0.4 is 5.32 Å². The molecule has 0 aliphatic heterocycles. The van der Waals surface area contributed by atoms with Crippen molar-refractivity contribution < 1.29 is 0 Å². The Morgan fingerprint density at radius 3 is 2.71 bits per heavy atom. The van der Waals surface area contributed by atoms with Gasteiger partial charge in [-0.25, -0.2) is 15.0 Å². The van der Waals surface area contributed by atoms with Crippen molar-refractivity contribution in [3.05, 3.63) is 66.6 Å². The van der Waals surface area contributed by atoms with Crippen molar-refractivity contribution in [2.75, 3.05) is 5.32 Å². The summed E-state index contributed by atoms with van der Waals surface area (Å²) in [6, 6.07) is 17.1. The predicted molar refractivity (Wildman–Crippen MR) is 91.6 cm³/mol. The van der Waals surface area contributed by atoms with E-state index in [-0.39, 0.29) is 0 Å². The van der Waals surface area contributed by atoms with Crippen LogP contribution in [0.1, 0.15) is 5.56 Å². The first kappa shape index (κ1) is 13.9. The lowest BCUT2D eigenvalue weighted by Crippen LogP contribution is -1.97. The first-order valence-electron chi connectivity index (χ1n) is 7.35. The maximum absolute atomic E-state index is 8.84. The van der Waals surface area contributed by atoms with Crippen LogP contribution in [-0.4, -0.2) is 19.9 Å². The van der Waals surface area contributed by atoms with Gasteiger partial charge >= 0.3 is 0 Å². The highest BCUT2D eigenvalue weighted by Gasteiger charge is 2.05. The summed E-state index contributed by atoms with van der Waals surface area (Å²) in [5.41, 5.74) is 5.13. The largest absolute Gasteiger partial charge is 0.345 e. The minimum absolute atomic E-state index is 0.502. The number of nitrogens with one attached hydrogen (secondary N) is 2. The highest BCUT2D eigenvalue weighted by molar-refractivity contribution is 5.80. The molecule has 4 rings (SSSR count). The van der Waals surface area contributed by atoms with Gasteiger partial charge in [0.15, 0.2) is 0 Å². The molecule has 6 heteroatoms. The molecule has 0 amide bonds. The van der Waals surface area contributed by atoms with Crippen LogP contribution in [0.5, 0.6) is 0 Å². The van der Waals surface area contributed by atoms with Gasteiger partial charge in [0.1, 0.15) is 0 Å². The van der Waals surface area contributed by atoms with E-state index in [0.29, 0.717) is 11.5 Å². The molecule has 0 saturated carbocycles. The van der Waals surface area contributed by atoms with Crippen molar-refractivity contribution >= 4 is 22.7 Å². The fourth-order valence-electron chi connectivity index (χ4n) is 2.43. The topological polar surface area (TPSA) is 90.3 Å². The molecule has 2 aromatic carbocycles. The van der Waals surface area contributed by atoms with Crippen LogP contribution in [0.15, 0.2) is 61.1 Å². The lowest BCUT2D eigenvalue weighted by atomic mass is 10.1. The second kappa shape index (κ2) is 5.82. The summed E-state index contributed by atoms with van der Waals surface area (Å²) in [7, 11) is 0. The molecular weight excluding hydrogens is 300 g/mol. The van der Waals surface area contributed by atoms with Crippen molar-refractivity contribution in [2.45, 2.75) is 0 Å². The zero-order valence-electron chi connectivity index (χ0n) is 12.6. The van der Waals surface area contributed by atoms with Gasteiger partial charge in [-0.1, -0.05) is 6.07 Å². The third-order valence-corrected chi connectivity index (χ3v) is 3.64. The van der Waals surface area contributed by atoms with E-state index in [1.54, 1.807) is 24.7 Å². The zero-order valence-corrected chi connectivity index (χ0v) is 12.6. The van der Waals surface area contributed by atoms with Crippen molar-refractivity contribution in [3.8, 4) is 17.3 Å². The quantitative estimate of drug-likeness (QED) is 0.603. The van der Waals surface area contributed by atoms with Gasteiger partial charge in [0.25, 0.3) is 0 Å². The van der Waals surface area contributed by atoms with Gasteiger partial charge in [-0.2, -0.15) is 5.26 Å². The molecule has 6 nitrogen and oxygen atoms in total. The van der Waals surface area contributed by atoms with Crippen LogP contribution in [0.25, 0.3) is 22.3 Å². The zero-order chi connectivity index (χ0) is 16.4. The van der Waals surface area contributed by atoms with Gasteiger partial charge < -0.3 is 10.3 Å². The number of hydrogen-bond acceptors (Lipinski definition) is 5. The molecule has 0 aliphatic rings. The first-order valence-corrected chi connectivity index (χ1v) is 7.35. The summed E-state index contributed by atoms with van der Waals surface area (Å²) in [4.78, 5) is 16.1. The SMILES string of the molecule is N#Cc1ccc(Nc2nccc(-c3ccc4nc[nH]c4c3)n2)cc1. The number of aromatic amines is 1. The van der Waals surface area contributed by atoms with Gasteiger partial charge in [-0.15, -0.1) is 0 Å². The molecule has 0 bridgehead atoms. The fourth-order valence-corrected chi connectivity index (χ4v) is 2.43. The summed E-state index contributed by atoms with van der Waals surface area (Å²) in [5, 5.41) is 12.0. The summed E-state index contributed by atoms with van der Waals surface area (Å²) < 4.78 is 0. The number of nitrogens with zero attached hydrogens (tertiary/aromatic N) is 4. The number of fused-ring (bicyclic) bond motifs is 1. The number of H-pyrrole nitrogens is 1. The summed E-state index contributed by atoms with van der Waals surface area (Å²) >= 11 is 0. The lowest BCUT2D eigenvalue weighted by Gasteiger charge is -2.07. The van der Waals surface area contributed by atoms with Gasteiger partial charge in [0, 0.05) is 17.4 Å². The number of hydrogen-bond donors (Lipinski definition) is 2. The van der Waals surface area contributed by atoms with E-state index < -0.39 is 0 Å². The fraction of sp³-hybridized carbons (Fsp3) is 0. The van der Waals surface area contributed by atoms with Crippen molar-refractivity contribution in [1.29, 1.82) is 5.26 Å². The average Bonchev–Trinajstić information content (AvgIpc) is 3.10. The highest BCUT2D eigenvalue weighted by atomic mass is 15.1. The van der Waals surface area contributed by atoms with E-state index in [1.807, 2.05) is 36.4 Å². The number of rotatable bonds is 3. The molecule has 4 aromatic rings. The van der Waals surface area contributed by atoms with Gasteiger partial charge in [-0.3, -0.25) is 0 Å². The van der Waals surface area contributed by atoms with Gasteiger partial charge in [0.05, 0.1) is 34.7 Å². The number of aromatic nitrogens is 4. The minimum atomic E-state index is 0.502. The Labute approximate surface area is 137 Å². The van der Waals surface area contributed by atoms with E-state index in [1.165, 1.54) is 0 Å². The third-order valence-electron chi connectivity index (χ3n) is 3.64. The van der Waals surface area contributed by atoms with Gasteiger partial charge in [-0.05, 0) is 42.5 Å². The number of nitriles is 1. The van der Waals surface area contributed by atoms with Crippen LogP contribution >= 0.6 is 0 Å². The monoisotopic (exact) mass is 312 g/mol. The Morgan fingerprint density at radius 2 is 1.88 bits per heavy atom. The number of anilines is 2. The third kappa shape index (κ3) is 2.66. The Balaban J connectivity index is 1.64. The van der Waals surface area contributed by atoms with Crippen LogP contribution in [0.3, 0.4) is 0 Å². The summed E-state index contributed by atoms with van der Waals surface area (Å²) in [6.07, 6.45) is 3.39. The second-order valence-corrected chi connectivity index (χ2v) is 5.21. The van der Waals surface area contributed by atoms with E-state index in [9.17, 15) is 0 Å². The molecule has 2 N–H and O–H groups in total. The van der Waals surface area contributed by atoms with Crippen LogP contribution in [0, 0.1) is 11.3 Å². The summed E-state index contributed by atoms with van der Waals surface area (Å²) in [6.45, 7) is 0. The van der Waals surface area contributed by atoms with E-state index in [4.69, 9.17) is 5.26 Å². The molecule has 0 aliphatic carbocycles. The normalized spacial score (nSPS) is 10.5. The molecule has 0 unspecified atom stereocenters. The Morgan fingerprint density at radius 1 is 1.00 bits per heavy atom. The highest BCUT2D eigenvalue weighted by Crippen LogP contribution is 2.22. The van der Waals surface area contributed by atoms with E-state index in [0.717, 1.165) is 28.0 Å². The maximum atomic E-state index is 8.84. The second-order valence-electron chi connectivity index (χ2n) is 5.21. The van der Waals surface area contributed by atoms with Crippen LogP contribution in [-0.2, 0) is 0 Å². The Kier molecular flexibility index (Phi) is 3.37. The van der Waals surface area contributed by atoms with Crippen molar-refractivity contribution in [3.63, 3.8) is 0 Å². The minimum Gasteiger partial charge on any atom is -0.345 e.